The molecule has 5 heteroatoms. The van der Waals surface area contributed by atoms with E-state index in [9.17, 15) is 4.79 Å². The number of thiophene rings is 1. The summed E-state index contributed by atoms with van der Waals surface area (Å²) in [7, 11) is 0. The Morgan fingerprint density at radius 3 is 3.05 bits per heavy atom. The fraction of sp³-hybridized carbons (Fsp3) is 0.500. The number of aliphatic imine (C=N–C) groups is 1. The van der Waals surface area contributed by atoms with Crippen LogP contribution in [0.2, 0.25) is 0 Å². The highest BCUT2D eigenvalue weighted by Gasteiger charge is 2.28. The molecule has 4 nitrogen and oxygen atoms in total. The van der Waals surface area contributed by atoms with Gasteiger partial charge in [-0.25, -0.2) is 4.99 Å². The molecule has 1 aromatic rings. The molecule has 1 fully saturated rings. The molecular weight excluding hydrogens is 282 g/mol. The van der Waals surface area contributed by atoms with Gasteiger partial charge in [0.15, 0.2) is 0 Å². The first-order valence-corrected chi connectivity index (χ1v) is 8.45. The topological polar surface area (TPSA) is 58.7 Å². The summed E-state index contributed by atoms with van der Waals surface area (Å²) < 4.78 is 0. The predicted molar refractivity (Wildman–Crippen MR) is 87.8 cm³/mol. The van der Waals surface area contributed by atoms with Crippen LogP contribution in [0.4, 0.5) is 5.69 Å². The summed E-state index contributed by atoms with van der Waals surface area (Å²) in [4.78, 5) is 20.3. The first-order chi connectivity index (χ1) is 10.2. The minimum absolute atomic E-state index is 0.128. The van der Waals surface area contributed by atoms with Crippen molar-refractivity contribution in [2.24, 2.45) is 16.6 Å². The molecule has 0 saturated heterocycles. The molecule has 0 atom stereocenters. The Hall–Kier alpha value is -1.62. The number of amidine groups is 1. The number of nitrogens with two attached hydrogens (primary N) is 1. The van der Waals surface area contributed by atoms with Gasteiger partial charge < -0.3 is 10.6 Å². The van der Waals surface area contributed by atoms with E-state index >= 15 is 0 Å². The molecule has 2 heterocycles. The fourth-order valence-electron chi connectivity index (χ4n) is 2.61. The second-order valence-electron chi connectivity index (χ2n) is 5.81. The molecule has 2 aliphatic rings. The van der Waals surface area contributed by atoms with E-state index in [1.54, 1.807) is 11.3 Å². The van der Waals surface area contributed by atoms with Crippen LogP contribution in [-0.2, 0) is 4.79 Å². The van der Waals surface area contributed by atoms with Crippen molar-refractivity contribution in [1.29, 1.82) is 0 Å². The molecule has 2 N–H and O–H groups in total. The van der Waals surface area contributed by atoms with E-state index < -0.39 is 0 Å². The van der Waals surface area contributed by atoms with Crippen molar-refractivity contribution in [3.8, 4) is 0 Å². The smallest absolute Gasteiger partial charge is 0.250 e. The minimum Gasteiger partial charge on any atom is -0.387 e. The molecule has 1 aliphatic carbocycles. The molecule has 21 heavy (non-hydrogen) atoms. The third-order valence-corrected chi connectivity index (χ3v) is 4.70. The maximum Gasteiger partial charge on any atom is 0.250 e. The third-order valence-electron chi connectivity index (χ3n) is 3.85. The lowest BCUT2D eigenvalue weighted by atomic mass is 10.1. The average Bonchev–Trinajstić information content (AvgIpc) is 3.20. The summed E-state index contributed by atoms with van der Waals surface area (Å²) in [5.41, 5.74) is 7.62. The second-order valence-corrected chi connectivity index (χ2v) is 6.76. The van der Waals surface area contributed by atoms with Crippen LogP contribution in [0.1, 0.15) is 37.5 Å². The van der Waals surface area contributed by atoms with E-state index in [2.05, 4.69) is 11.9 Å². The number of amides is 1. The number of rotatable bonds is 5. The van der Waals surface area contributed by atoms with Crippen molar-refractivity contribution in [1.82, 2.24) is 4.90 Å². The van der Waals surface area contributed by atoms with Crippen LogP contribution >= 0.6 is 11.3 Å². The van der Waals surface area contributed by atoms with Crippen LogP contribution in [0.25, 0.3) is 6.08 Å². The first kappa shape index (κ1) is 14.3. The van der Waals surface area contributed by atoms with Crippen molar-refractivity contribution in [3.05, 3.63) is 21.9 Å². The highest BCUT2D eigenvalue weighted by atomic mass is 32.1. The summed E-state index contributed by atoms with van der Waals surface area (Å²) in [6.07, 6.45) is 5.92. The van der Waals surface area contributed by atoms with Crippen LogP contribution in [0.15, 0.2) is 22.0 Å². The highest BCUT2D eigenvalue weighted by Crippen LogP contribution is 2.33. The van der Waals surface area contributed by atoms with E-state index in [1.807, 2.05) is 22.4 Å². The Kier molecular flexibility index (Phi) is 4.10. The van der Waals surface area contributed by atoms with E-state index in [1.165, 1.54) is 12.8 Å². The first-order valence-electron chi connectivity index (χ1n) is 7.57. The van der Waals surface area contributed by atoms with Crippen molar-refractivity contribution in [2.45, 2.75) is 32.6 Å². The second kappa shape index (κ2) is 6.02. The molecule has 1 aliphatic heterocycles. The van der Waals surface area contributed by atoms with E-state index in [0.29, 0.717) is 18.2 Å². The van der Waals surface area contributed by atoms with Crippen LogP contribution < -0.4 is 5.73 Å². The Balaban J connectivity index is 1.84. The fourth-order valence-corrected chi connectivity index (χ4v) is 3.40. The van der Waals surface area contributed by atoms with Crippen molar-refractivity contribution >= 4 is 34.8 Å². The molecule has 1 saturated carbocycles. The maximum absolute atomic E-state index is 12.8. The van der Waals surface area contributed by atoms with Gasteiger partial charge in [0.2, 0.25) is 5.91 Å². The van der Waals surface area contributed by atoms with Gasteiger partial charge in [-0.15, -0.1) is 11.3 Å². The number of carbonyl (C=O) groups excluding carboxylic acids is 1. The van der Waals surface area contributed by atoms with Crippen LogP contribution in [0.5, 0.6) is 0 Å². The molecule has 0 unspecified atom stereocenters. The minimum atomic E-state index is 0.128. The van der Waals surface area contributed by atoms with E-state index in [0.717, 1.165) is 35.6 Å². The monoisotopic (exact) mass is 303 g/mol. The zero-order chi connectivity index (χ0) is 14.8. The Bertz CT molecular complexity index is 598. The summed E-state index contributed by atoms with van der Waals surface area (Å²) >= 11 is 1.60. The van der Waals surface area contributed by atoms with E-state index in [-0.39, 0.29) is 5.91 Å². The molecule has 112 valence electrons. The lowest BCUT2D eigenvalue weighted by molar-refractivity contribution is -0.127. The van der Waals surface area contributed by atoms with Crippen molar-refractivity contribution in [2.75, 3.05) is 13.1 Å². The SMILES string of the molecule is CCCN(CC1CC1)C(=O)C1=Cc2sccc2N=C(N)C1. The van der Waals surface area contributed by atoms with Gasteiger partial charge >= 0.3 is 0 Å². The van der Waals surface area contributed by atoms with Gasteiger partial charge in [0.1, 0.15) is 5.84 Å². The number of hydrogen-bond donors (Lipinski definition) is 1. The van der Waals surface area contributed by atoms with Gasteiger partial charge in [-0.1, -0.05) is 6.92 Å². The predicted octanol–water partition coefficient (Wildman–Crippen LogP) is 3.17. The quantitative estimate of drug-likeness (QED) is 0.908. The van der Waals surface area contributed by atoms with E-state index in [4.69, 9.17) is 5.73 Å². The van der Waals surface area contributed by atoms with Gasteiger partial charge in [0, 0.05) is 25.1 Å². The molecule has 1 aromatic heterocycles. The maximum atomic E-state index is 12.8. The number of carbonyl (C=O) groups is 1. The summed E-state index contributed by atoms with van der Waals surface area (Å²) in [5.74, 6) is 1.35. The van der Waals surface area contributed by atoms with Gasteiger partial charge in [0.05, 0.1) is 10.6 Å². The molecular formula is C16H21N3OS. The van der Waals surface area contributed by atoms with Gasteiger partial charge in [-0.3, -0.25) is 4.79 Å². The zero-order valence-electron chi connectivity index (χ0n) is 12.3. The normalized spacial score (nSPS) is 17.6. The van der Waals surface area contributed by atoms with Crippen molar-refractivity contribution < 1.29 is 4.79 Å². The Morgan fingerprint density at radius 1 is 1.52 bits per heavy atom. The Morgan fingerprint density at radius 2 is 2.33 bits per heavy atom. The largest absolute Gasteiger partial charge is 0.387 e. The summed E-state index contributed by atoms with van der Waals surface area (Å²) in [5, 5.41) is 1.99. The van der Waals surface area contributed by atoms with Gasteiger partial charge in [0.25, 0.3) is 0 Å². The van der Waals surface area contributed by atoms with Crippen LogP contribution in [0, 0.1) is 5.92 Å². The molecule has 0 spiro atoms. The van der Waals surface area contributed by atoms with Gasteiger partial charge in [-0.05, 0) is 42.7 Å². The molecule has 0 bridgehead atoms. The third kappa shape index (κ3) is 3.35. The molecule has 0 radical (unpaired) electrons. The average molecular weight is 303 g/mol. The standard InChI is InChI=1S/C16H21N3OS/c1-2-6-19(10-11-3-4-11)16(20)12-8-14-13(5-7-21-14)18-15(17)9-12/h5,7-8,11H,2-4,6,9-10H2,1H3,(H2,17,18). The number of fused-ring (bicyclic) bond motifs is 1. The molecule has 0 aromatic carbocycles. The van der Waals surface area contributed by atoms with Gasteiger partial charge in [-0.2, -0.15) is 0 Å². The van der Waals surface area contributed by atoms with Crippen molar-refractivity contribution in [3.63, 3.8) is 0 Å². The summed E-state index contributed by atoms with van der Waals surface area (Å²) in [6, 6.07) is 1.95. The van der Waals surface area contributed by atoms with Crippen LogP contribution in [-0.4, -0.2) is 29.7 Å². The Labute approximate surface area is 129 Å². The summed E-state index contributed by atoms with van der Waals surface area (Å²) in [6.45, 7) is 3.82. The molecule has 3 rings (SSSR count). The highest BCUT2D eigenvalue weighted by molar-refractivity contribution is 7.11. The van der Waals surface area contributed by atoms with Crippen LogP contribution in [0.3, 0.4) is 0 Å². The zero-order valence-corrected chi connectivity index (χ0v) is 13.2. The lowest BCUT2D eigenvalue weighted by Crippen LogP contribution is -2.35. The lowest BCUT2D eigenvalue weighted by Gasteiger charge is -2.23. The molecule has 1 amide bonds. The number of hydrogen-bond acceptors (Lipinski definition) is 4. The number of nitrogens with zero attached hydrogens (tertiary/aromatic N) is 2.